The molecule has 1 amide bonds. The monoisotopic (exact) mass is 286 g/mol. The number of nitriles is 1. The van der Waals surface area contributed by atoms with Crippen molar-refractivity contribution in [2.24, 2.45) is 0 Å². The molecule has 0 aliphatic heterocycles. The fourth-order valence-electron chi connectivity index (χ4n) is 1.59. The highest BCUT2D eigenvalue weighted by Crippen LogP contribution is 2.31. The van der Waals surface area contributed by atoms with Crippen LogP contribution in [0.1, 0.15) is 12.5 Å². The van der Waals surface area contributed by atoms with Gasteiger partial charge < -0.3 is 10.1 Å². The molecule has 0 radical (unpaired) electrons. The van der Waals surface area contributed by atoms with Gasteiger partial charge in [-0.2, -0.15) is 5.26 Å². The molecule has 5 heteroatoms. The molecule has 0 atom stereocenters. The highest BCUT2D eigenvalue weighted by atomic mass is 35.5. The number of amides is 1. The van der Waals surface area contributed by atoms with E-state index in [-0.39, 0.29) is 5.91 Å². The predicted molar refractivity (Wildman–Crippen MR) is 77.0 cm³/mol. The van der Waals surface area contributed by atoms with E-state index in [1.54, 1.807) is 42.5 Å². The Balaban J connectivity index is 2.16. The number of hydrogen-bond acceptors (Lipinski definition) is 3. The number of halogens is 1. The molecule has 2 aromatic rings. The zero-order chi connectivity index (χ0) is 14.5. The molecule has 2 aromatic carbocycles. The lowest BCUT2D eigenvalue weighted by Crippen LogP contribution is -2.05. The Bertz CT molecular complexity index is 675. The van der Waals surface area contributed by atoms with Crippen molar-refractivity contribution in [1.29, 1.82) is 5.26 Å². The molecule has 0 aliphatic rings. The summed E-state index contributed by atoms with van der Waals surface area (Å²) in [5.41, 5.74) is 1.17. The maximum atomic E-state index is 10.9. The number of hydrogen-bond donors (Lipinski definition) is 1. The Hall–Kier alpha value is -2.51. The van der Waals surface area contributed by atoms with Crippen LogP contribution in [0.4, 0.5) is 5.69 Å². The van der Waals surface area contributed by atoms with E-state index in [1.807, 2.05) is 6.07 Å². The molecule has 0 saturated carbocycles. The van der Waals surface area contributed by atoms with E-state index in [9.17, 15) is 4.79 Å². The summed E-state index contributed by atoms with van der Waals surface area (Å²) in [6.07, 6.45) is 0. The molecular weight excluding hydrogens is 276 g/mol. The molecule has 100 valence electrons. The third kappa shape index (κ3) is 3.50. The smallest absolute Gasteiger partial charge is 0.221 e. The van der Waals surface area contributed by atoms with Crippen molar-refractivity contribution < 1.29 is 9.53 Å². The van der Waals surface area contributed by atoms with E-state index in [2.05, 4.69) is 5.32 Å². The summed E-state index contributed by atoms with van der Waals surface area (Å²) in [6.45, 7) is 1.43. The van der Waals surface area contributed by atoms with Gasteiger partial charge >= 0.3 is 0 Å². The van der Waals surface area contributed by atoms with Crippen molar-refractivity contribution in [2.45, 2.75) is 6.92 Å². The van der Waals surface area contributed by atoms with E-state index < -0.39 is 0 Å². The second-order valence-corrected chi connectivity index (χ2v) is 4.47. The number of carbonyl (C=O) groups excluding carboxylic acids is 1. The Kier molecular flexibility index (Phi) is 4.24. The van der Waals surface area contributed by atoms with Crippen molar-refractivity contribution >= 4 is 23.2 Å². The summed E-state index contributed by atoms with van der Waals surface area (Å²) in [7, 11) is 0. The molecule has 0 heterocycles. The van der Waals surface area contributed by atoms with Gasteiger partial charge in [0.05, 0.1) is 16.7 Å². The topological polar surface area (TPSA) is 62.1 Å². The fraction of sp³-hybridized carbons (Fsp3) is 0.0667. The SMILES string of the molecule is CC(=O)Nc1ccc(Oc2ccc(C#N)cc2)c(Cl)c1. The van der Waals surface area contributed by atoms with Crippen LogP contribution in [0.3, 0.4) is 0 Å². The molecule has 0 aliphatic carbocycles. The van der Waals surface area contributed by atoms with Gasteiger partial charge in [-0.1, -0.05) is 11.6 Å². The van der Waals surface area contributed by atoms with Gasteiger partial charge in [-0.3, -0.25) is 4.79 Å². The lowest BCUT2D eigenvalue weighted by Gasteiger charge is -2.09. The molecule has 0 bridgehead atoms. The lowest BCUT2D eigenvalue weighted by atomic mass is 10.2. The molecule has 0 saturated heterocycles. The fourth-order valence-corrected chi connectivity index (χ4v) is 1.81. The lowest BCUT2D eigenvalue weighted by molar-refractivity contribution is -0.114. The zero-order valence-corrected chi connectivity index (χ0v) is 11.4. The quantitative estimate of drug-likeness (QED) is 0.929. The Morgan fingerprint density at radius 3 is 2.50 bits per heavy atom. The van der Waals surface area contributed by atoms with E-state index in [4.69, 9.17) is 21.6 Å². The third-order valence-corrected chi connectivity index (χ3v) is 2.76. The molecule has 2 rings (SSSR count). The molecule has 1 N–H and O–H groups in total. The van der Waals surface area contributed by atoms with Crippen LogP contribution in [0.15, 0.2) is 42.5 Å². The predicted octanol–water partition coefficient (Wildman–Crippen LogP) is 3.96. The van der Waals surface area contributed by atoms with Gasteiger partial charge in [-0.15, -0.1) is 0 Å². The summed E-state index contributed by atoms with van der Waals surface area (Å²) in [6, 6.07) is 13.7. The first-order valence-electron chi connectivity index (χ1n) is 5.83. The summed E-state index contributed by atoms with van der Waals surface area (Å²) >= 11 is 6.09. The normalized spacial score (nSPS) is 9.65. The van der Waals surface area contributed by atoms with Crippen LogP contribution < -0.4 is 10.1 Å². The first-order valence-corrected chi connectivity index (χ1v) is 6.21. The molecular formula is C15H11ClN2O2. The van der Waals surface area contributed by atoms with Crippen LogP contribution in [0.5, 0.6) is 11.5 Å². The maximum absolute atomic E-state index is 10.9. The maximum Gasteiger partial charge on any atom is 0.221 e. The van der Waals surface area contributed by atoms with Gasteiger partial charge in [0.15, 0.2) is 0 Å². The van der Waals surface area contributed by atoms with Crippen molar-refractivity contribution in [1.82, 2.24) is 0 Å². The van der Waals surface area contributed by atoms with Crippen LogP contribution in [0.25, 0.3) is 0 Å². The van der Waals surface area contributed by atoms with Crippen molar-refractivity contribution in [3.8, 4) is 17.6 Å². The first kappa shape index (κ1) is 13.9. The van der Waals surface area contributed by atoms with Crippen molar-refractivity contribution in [2.75, 3.05) is 5.32 Å². The average Bonchev–Trinajstić information content (AvgIpc) is 2.42. The second kappa shape index (κ2) is 6.09. The minimum Gasteiger partial charge on any atom is -0.456 e. The Labute approximate surface area is 121 Å². The Morgan fingerprint density at radius 2 is 1.95 bits per heavy atom. The molecule has 0 aromatic heterocycles. The average molecular weight is 287 g/mol. The summed E-state index contributed by atoms with van der Waals surface area (Å²) in [5.74, 6) is 0.894. The van der Waals surface area contributed by atoms with Gasteiger partial charge in [0.25, 0.3) is 0 Å². The van der Waals surface area contributed by atoms with Crippen LogP contribution in [-0.2, 0) is 4.79 Å². The van der Waals surface area contributed by atoms with Gasteiger partial charge in [0, 0.05) is 12.6 Å². The molecule has 4 nitrogen and oxygen atoms in total. The number of ether oxygens (including phenoxy) is 1. The van der Waals surface area contributed by atoms with Crippen LogP contribution in [-0.4, -0.2) is 5.91 Å². The molecule has 0 fully saturated rings. The molecule has 0 unspecified atom stereocenters. The number of anilines is 1. The van der Waals surface area contributed by atoms with E-state index in [1.165, 1.54) is 6.92 Å². The molecule has 20 heavy (non-hydrogen) atoms. The standard InChI is InChI=1S/C15H11ClN2O2/c1-10(19)18-12-4-7-15(14(16)8-12)20-13-5-2-11(9-17)3-6-13/h2-8H,1H3,(H,18,19). The van der Waals surface area contributed by atoms with Gasteiger partial charge in [0.2, 0.25) is 5.91 Å². The second-order valence-electron chi connectivity index (χ2n) is 4.06. The van der Waals surface area contributed by atoms with E-state index >= 15 is 0 Å². The number of nitrogens with one attached hydrogen (secondary N) is 1. The van der Waals surface area contributed by atoms with Crippen molar-refractivity contribution in [3.05, 3.63) is 53.1 Å². The summed E-state index contributed by atoms with van der Waals surface area (Å²) in [5, 5.41) is 11.7. The summed E-state index contributed by atoms with van der Waals surface area (Å²) in [4.78, 5) is 10.9. The number of nitrogens with zero attached hydrogens (tertiary/aromatic N) is 1. The number of benzene rings is 2. The van der Waals surface area contributed by atoms with E-state index in [0.717, 1.165) is 0 Å². The third-order valence-electron chi connectivity index (χ3n) is 2.46. The largest absolute Gasteiger partial charge is 0.456 e. The van der Waals surface area contributed by atoms with Gasteiger partial charge in [0.1, 0.15) is 11.5 Å². The first-order chi connectivity index (χ1) is 9.58. The van der Waals surface area contributed by atoms with Crippen LogP contribution >= 0.6 is 11.6 Å². The van der Waals surface area contributed by atoms with Crippen molar-refractivity contribution in [3.63, 3.8) is 0 Å². The zero-order valence-electron chi connectivity index (χ0n) is 10.7. The number of rotatable bonds is 3. The van der Waals surface area contributed by atoms with Crippen LogP contribution in [0.2, 0.25) is 5.02 Å². The van der Waals surface area contributed by atoms with Crippen LogP contribution in [0, 0.1) is 11.3 Å². The van der Waals surface area contributed by atoms with Gasteiger partial charge in [-0.25, -0.2) is 0 Å². The van der Waals surface area contributed by atoms with E-state index in [0.29, 0.717) is 27.8 Å². The summed E-state index contributed by atoms with van der Waals surface area (Å²) < 4.78 is 5.61. The molecule has 0 spiro atoms. The van der Waals surface area contributed by atoms with Gasteiger partial charge in [-0.05, 0) is 42.5 Å². The number of carbonyl (C=O) groups is 1. The highest BCUT2D eigenvalue weighted by molar-refractivity contribution is 6.32. The minimum absolute atomic E-state index is 0.165. The highest BCUT2D eigenvalue weighted by Gasteiger charge is 2.05. The minimum atomic E-state index is -0.165. The Morgan fingerprint density at radius 1 is 1.25 bits per heavy atom.